The van der Waals surface area contributed by atoms with Crippen molar-refractivity contribution >= 4 is 33.3 Å². The van der Waals surface area contributed by atoms with Crippen LogP contribution in [0.1, 0.15) is 26.7 Å². The van der Waals surface area contributed by atoms with Gasteiger partial charge in [-0.2, -0.15) is 4.98 Å². The van der Waals surface area contributed by atoms with E-state index in [0.29, 0.717) is 12.0 Å². The van der Waals surface area contributed by atoms with Crippen molar-refractivity contribution in [3.05, 3.63) is 11.4 Å². The van der Waals surface area contributed by atoms with Gasteiger partial charge in [0.2, 0.25) is 5.95 Å². The third kappa shape index (κ3) is 3.80. The summed E-state index contributed by atoms with van der Waals surface area (Å²) in [5, 5.41) is 6.45. The van der Waals surface area contributed by atoms with E-state index in [4.69, 9.17) is 5.73 Å². The smallest absolute Gasteiger partial charge is 0.223 e. The summed E-state index contributed by atoms with van der Waals surface area (Å²) in [6.45, 7) is 6.47. The van der Waals surface area contributed by atoms with E-state index in [1.165, 1.54) is 6.42 Å². The SMILES string of the molecule is CC(C)N(C)CCCCNc1nc(N)nc2sccc12. The Morgan fingerprint density at radius 3 is 2.90 bits per heavy atom. The molecule has 0 bridgehead atoms. The summed E-state index contributed by atoms with van der Waals surface area (Å²) in [4.78, 5) is 11.8. The van der Waals surface area contributed by atoms with Gasteiger partial charge in [-0.1, -0.05) is 0 Å². The Hall–Kier alpha value is -1.40. The minimum absolute atomic E-state index is 0.335. The van der Waals surface area contributed by atoms with Gasteiger partial charge in [0.1, 0.15) is 10.6 Å². The van der Waals surface area contributed by atoms with E-state index in [1.807, 2.05) is 11.4 Å². The summed E-state index contributed by atoms with van der Waals surface area (Å²) < 4.78 is 0. The van der Waals surface area contributed by atoms with E-state index in [0.717, 1.165) is 35.5 Å². The third-order valence-corrected chi connectivity index (χ3v) is 4.26. The van der Waals surface area contributed by atoms with E-state index in [9.17, 15) is 0 Å². The van der Waals surface area contributed by atoms with Crippen molar-refractivity contribution in [2.75, 3.05) is 31.2 Å². The molecule has 2 heterocycles. The third-order valence-electron chi connectivity index (χ3n) is 3.45. The van der Waals surface area contributed by atoms with Crippen molar-refractivity contribution in [1.82, 2.24) is 14.9 Å². The molecule has 0 aliphatic heterocycles. The zero-order valence-corrected chi connectivity index (χ0v) is 13.2. The van der Waals surface area contributed by atoms with E-state index >= 15 is 0 Å². The van der Waals surface area contributed by atoms with Crippen molar-refractivity contribution in [2.24, 2.45) is 0 Å². The molecule has 0 aliphatic rings. The second-order valence-electron chi connectivity index (χ2n) is 5.28. The Balaban J connectivity index is 1.83. The molecule has 0 saturated heterocycles. The molecule has 0 aliphatic carbocycles. The van der Waals surface area contributed by atoms with Gasteiger partial charge in [-0.25, -0.2) is 4.98 Å². The highest BCUT2D eigenvalue weighted by Gasteiger charge is 2.07. The van der Waals surface area contributed by atoms with Gasteiger partial charge in [0.25, 0.3) is 0 Å². The summed E-state index contributed by atoms with van der Waals surface area (Å²) in [5.74, 6) is 1.19. The Morgan fingerprint density at radius 2 is 2.15 bits per heavy atom. The highest BCUT2D eigenvalue weighted by molar-refractivity contribution is 7.16. The lowest BCUT2D eigenvalue weighted by Gasteiger charge is -2.20. The second-order valence-corrected chi connectivity index (χ2v) is 6.17. The molecule has 6 heteroatoms. The minimum atomic E-state index is 0.335. The number of aromatic nitrogens is 2. The molecule has 3 N–H and O–H groups in total. The van der Waals surface area contributed by atoms with Crippen molar-refractivity contribution in [1.29, 1.82) is 0 Å². The van der Waals surface area contributed by atoms with Crippen LogP contribution in [-0.4, -0.2) is 41.0 Å². The van der Waals surface area contributed by atoms with Gasteiger partial charge in [0, 0.05) is 12.6 Å². The molecule has 2 aromatic heterocycles. The van der Waals surface area contributed by atoms with Crippen LogP contribution in [0.3, 0.4) is 0 Å². The van der Waals surface area contributed by atoms with Crippen LogP contribution >= 0.6 is 11.3 Å². The number of rotatable bonds is 7. The lowest BCUT2D eigenvalue weighted by atomic mass is 10.2. The van der Waals surface area contributed by atoms with Crippen LogP contribution in [-0.2, 0) is 0 Å². The van der Waals surface area contributed by atoms with Gasteiger partial charge >= 0.3 is 0 Å². The molecule has 0 spiro atoms. The number of nitrogens with zero attached hydrogens (tertiary/aromatic N) is 3. The number of nitrogens with two attached hydrogens (primary N) is 1. The summed E-state index contributed by atoms with van der Waals surface area (Å²) in [6.07, 6.45) is 2.29. The second kappa shape index (κ2) is 6.85. The average molecular weight is 293 g/mol. The molecule has 5 nitrogen and oxygen atoms in total. The van der Waals surface area contributed by atoms with Crippen LogP contribution in [0.5, 0.6) is 0 Å². The van der Waals surface area contributed by atoms with Gasteiger partial charge in [0.15, 0.2) is 0 Å². The largest absolute Gasteiger partial charge is 0.369 e. The van der Waals surface area contributed by atoms with Crippen molar-refractivity contribution in [2.45, 2.75) is 32.7 Å². The Labute approximate surface area is 124 Å². The fraction of sp³-hybridized carbons (Fsp3) is 0.571. The van der Waals surface area contributed by atoms with Crippen LogP contribution in [0.25, 0.3) is 10.2 Å². The predicted octanol–water partition coefficient (Wildman–Crippen LogP) is 2.81. The number of anilines is 2. The Morgan fingerprint density at radius 1 is 1.35 bits per heavy atom. The maximum absolute atomic E-state index is 5.73. The normalized spacial score (nSPS) is 11.7. The van der Waals surface area contributed by atoms with E-state index in [-0.39, 0.29) is 0 Å². The number of nitrogens with one attached hydrogen (secondary N) is 1. The Kier molecular flexibility index (Phi) is 5.14. The molecule has 0 radical (unpaired) electrons. The average Bonchev–Trinajstić information content (AvgIpc) is 2.85. The molecule has 0 unspecified atom stereocenters. The molecule has 0 fully saturated rings. The van der Waals surface area contributed by atoms with E-state index < -0.39 is 0 Å². The van der Waals surface area contributed by atoms with Gasteiger partial charge in [-0.15, -0.1) is 11.3 Å². The molecule has 2 aromatic rings. The number of hydrogen-bond donors (Lipinski definition) is 2. The minimum Gasteiger partial charge on any atom is -0.369 e. The molecule has 0 amide bonds. The highest BCUT2D eigenvalue weighted by atomic mass is 32.1. The van der Waals surface area contributed by atoms with Crippen LogP contribution in [0.15, 0.2) is 11.4 Å². The van der Waals surface area contributed by atoms with Gasteiger partial charge in [0.05, 0.1) is 5.39 Å². The van der Waals surface area contributed by atoms with E-state index in [1.54, 1.807) is 11.3 Å². The van der Waals surface area contributed by atoms with Crippen LogP contribution in [0.2, 0.25) is 0 Å². The quantitative estimate of drug-likeness (QED) is 0.768. The maximum Gasteiger partial charge on any atom is 0.223 e. The molecular formula is C14H23N5S. The number of thiophene rings is 1. The highest BCUT2D eigenvalue weighted by Crippen LogP contribution is 2.25. The standard InChI is InChI=1S/C14H23N5S/c1-10(2)19(3)8-5-4-7-16-12-11-6-9-20-13(11)18-14(15)17-12/h6,9-10H,4-5,7-8H2,1-3H3,(H3,15,16,17,18). The number of unbranched alkanes of at least 4 members (excludes halogenated alkanes) is 1. The molecule has 110 valence electrons. The van der Waals surface area contributed by atoms with E-state index in [2.05, 4.69) is 41.1 Å². The zero-order valence-electron chi connectivity index (χ0n) is 12.4. The summed E-state index contributed by atoms with van der Waals surface area (Å²) in [5.41, 5.74) is 5.73. The summed E-state index contributed by atoms with van der Waals surface area (Å²) in [7, 11) is 2.16. The number of fused-ring (bicyclic) bond motifs is 1. The molecule has 20 heavy (non-hydrogen) atoms. The first kappa shape index (κ1) is 15.0. The molecule has 0 saturated carbocycles. The molecule has 0 atom stereocenters. The first-order chi connectivity index (χ1) is 9.58. The maximum atomic E-state index is 5.73. The van der Waals surface area contributed by atoms with Crippen LogP contribution in [0.4, 0.5) is 11.8 Å². The Bertz CT molecular complexity index is 551. The molecule has 2 rings (SSSR count). The van der Waals surface area contributed by atoms with Crippen LogP contribution in [0, 0.1) is 0 Å². The fourth-order valence-electron chi connectivity index (χ4n) is 1.96. The fourth-order valence-corrected chi connectivity index (χ4v) is 2.73. The molecule has 0 aromatic carbocycles. The lowest BCUT2D eigenvalue weighted by molar-refractivity contribution is 0.269. The summed E-state index contributed by atoms with van der Waals surface area (Å²) in [6, 6.07) is 2.64. The molecular weight excluding hydrogens is 270 g/mol. The number of hydrogen-bond acceptors (Lipinski definition) is 6. The monoisotopic (exact) mass is 293 g/mol. The van der Waals surface area contributed by atoms with Crippen molar-refractivity contribution < 1.29 is 0 Å². The van der Waals surface area contributed by atoms with Gasteiger partial charge in [-0.3, -0.25) is 0 Å². The van der Waals surface area contributed by atoms with Crippen LogP contribution < -0.4 is 11.1 Å². The first-order valence-electron chi connectivity index (χ1n) is 7.02. The van der Waals surface area contributed by atoms with Crippen molar-refractivity contribution in [3.8, 4) is 0 Å². The number of nitrogen functional groups attached to an aromatic ring is 1. The van der Waals surface area contributed by atoms with Gasteiger partial charge in [-0.05, 0) is 51.7 Å². The summed E-state index contributed by atoms with van der Waals surface area (Å²) >= 11 is 1.59. The zero-order chi connectivity index (χ0) is 14.5. The predicted molar refractivity (Wildman–Crippen MR) is 87.3 cm³/mol. The van der Waals surface area contributed by atoms with Crippen molar-refractivity contribution in [3.63, 3.8) is 0 Å². The first-order valence-corrected chi connectivity index (χ1v) is 7.90. The lowest BCUT2D eigenvalue weighted by Crippen LogP contribution is -2.27. The topological polar surface area (TPSA) is 67.1 Å². The van der Waals surface area contributed by atoms with Gasteiger partial charge < -0.3 is 16.0 Å².